The number of anilines is 1. The third-order valence-corrected chi connectivity index (χ3v) is 4.62. The fourth-order valence-corrected chi connectivity index (χ4v) is 3.40. The molecule has 0 unspecified atom stereocenters. The molecule has 1 aromatic carbocycles. The lowest BCUT2D eigenvalue weighted by atomic mass is 10.2. The van der Waals surface area contributed by atoms with Crippen LogP contribution in [0.4, 0.5) is 9.39 Å². The smallest absolute Gasteiger partial charge is 0.357 e. The lowest BCUT2D eigenvalue weighted by Gasteiger charge is -2.06. The number of alkyl halides is 1. The molecule has 0 aliphatic rings. The molecule has 0 radical (unpaired) electrons. The molecule has 0 fully saturated rings. The molecular formula is C11H9FN2O4S2. The van der Waals surface area contributed by atoms with E-state index in [1.165, 1.54) is 29.8 Å². The Morgan fingerprint density at radius 3 is 2.55 bits per heavy atom. The molecule has 0 amide bonds. The van der Waals surface area contributed by atoms with Crippen molar-refractivity contribution in [2.45, 2.75) is 11.6 Å². The largest absolute Gasteiger partial charge is 0.476 e. The van der Waals surface area contributed by atoms with E-state index in [9.17, 15) is 17.6 Å². The molecule has 2 aromatic rings. The molecule has 0 aliphatic carbocycles. The Bertz CT molecular complexity index is 725. The van der Waals surface area contributed by atoms with Crippen molar-refractivity contribution < 1.29 is 22.7 Å². The molecule has 1 aromatic heterocycles. The van der Waals surface area contributed by atoms with E-state index in [-0.39, 0.29) is 15.6 Å². The van der Waals surface area contributed by atoms with Crippen LogP contribution in [0, 0.1) is 0 Å². The van der Waals surface area contributed by atoms with Crippen LogP contribution in [0.3, 0.4) is 0 Å². The maximum Gasteiger partial charge on any atom is 0.357 e. The number of nitrogens with zero attached hydrogens (tertiary/aromatic N) is 1. The highest BCUT2D eigenvalue weighted by atomic mass is 32.2. The van der Waals surface area contributed by atoms with Gasteiger partial charge in [0.05, 0.1) is 10.4 Å². The Kier molecular flexibility index (Phi) is 4.00. The highest BCUT2D eigenvalue weighted by Crippen LogP contribution is 2.24. The highest BCUT2D eigenvalue weighted by Gasteiger charge is 2.20. The van der Waals surface area contributed by atoms with Crippen molar-refractivity contribution >= 4 is 32.3 Å². The summed E-state index contributed by atoms with van der Waals surface area (Å²) in [5.41, 5.74) is 1.22. The average Bonchev–Trinajstić information content (AvgIpc) is 2.86. The van der Waals surface area contributed by atoms with E-state index < -0.39 is 22.7 Å². The van der Waals surface area contributed by atoms with Crippen LogP contribution in [0.1, 0.15) is 16.1 Å². The summed E-state index contributed by atoms with van der Waals surface area (Å²) in [6, 6.07) is 5.19. The fraction of sp³-hybridized carbons (Fsp3) is 0.0909. The lowest BCUT2D eigenvalue weighted by Crippen LogP contribution is -2.14. The average molecular weight is 316 g/mol. The molecule has 9 heteroatoms. The SMILES string of the molecule is O=C(O)c1ncsc1NS(=O)(=O)c1ccc(CF)cc1. The summed E-state index contributed by atoms with van der Waals surface area (Å²) < 4.78 is 38.6. The monoisotopic (exact) mass is 316 g/mol. The summed E-state index contributed by atoms with van der Waals surface area (Å²) in [4.78, 5) is 14.3. The van der Waals surface area contributed by atoms with E-state index in [1.807, 2.05) is 0 Å². The second-order valence-electron chi connectivity index (χ2n) is 3.72. The standard InChI is InChI=1S/C11H9FN2O4S2/c12-5-7-1-3-8(4-2-7)20(17,18)14-10-9(11(15)16)13-6-19-10/h1-4,6,14H,5H2,(H,15,16). The number of hydrogen-bond donors (Lipinski definition) is 2. The van der Waals surface area contributed by atoms with Crippen molar-refractivity contribution in [2.75, 3.05) is 4.72 Å². The summed E-state index contributed by atoms with van der Waals surface area (Å²) in [5, 5.41) is 8.78. The summed E-state index contributed by atoms with van der Waals surface area (Å²) in [6.45, 7) is -0.689. The van der Waals surface area contributed by atoms with E-state index >= 15 is 0 Å². The zero-order valence-corrected chi connectivity index (χ0v) is 11.5. The van der Waals surface area contributed by atoms with Crippen molar-refractivity contribution in [3.8, 4) is 0 Å². The fourth-order valence-electron chi connectivity index (χ4n) is 1.41. The van der Waals surface area contributed by atoms with Gasteiger partial charge in [0.1, 0.15) is 11.7 Å². The predicted octanol–water partition coefficient (Wildman–Crippen LogP) is 2.11. The first-order valence-corrected chi connectivity index (χ1v) is 7.65. The predicted molar refractivity (Wildman–Crippen MR) is 71.1 cm³/mol. The van der Waals surface area contributed by atoms with Crippen molar-refractivity contribution in [1.82, 2.24) is 4.98 Å². The van der Waals surface area contributed by atoms with Crippen LogP contribution in [0.2, 0.25) is 0 Å². The number of halogens is 1. The number of hydrogen-bond acceptors (Lipinski definition) is 5. The van der Waals surface area contributed by atoms with Gasteiger partial charge >= 0.3 is 5.97 Å². The number of carboxylic acids is 1. The third-order valence-electron chi connectivity index (χ3n) is 2.39. The number of aromatic carboxylic acids is 1. The van der Waals surface area contributed by atoms with Crippen molar-refractivity contribution in [3.05, 3.63) is 41.0 Å². The van der Waals surface area contributed by atoms with Crippen molar-refractivity contribution in [3.63, 3.8) is 0 Å². The summed E-state index contributed by atoms with van der Waals surface area (Å²) in [6.07, 6.45) is 0. The minimum Gasteiger partial charge on any atom is -0.476 e. The van der Waals surface area contributed by atoms with E-state index in [2.05, 4.69) is 9.71 Å². The molecule has 2 N–H and O–H groups in total. The Morgan fingerprint density at radius 1 is 1.35 bits per heavy atom. The number of carboxylic acid groups (broad SMARTS) is 1. The van der Waals surface area contributed by atoms with E-state index in [1.54, 1.807) is 0 Å². The minimum atomic E-state index is -3.93. The van der Waals surface area contributed by atoms with Crippen LogP contribution < -0.4 is 4.72 Å². The number of rotatable bonds is 5. The topological polar surface area (TPSA) is 96.4 Å². The van der Waals surface area contributed by atoms with Gasteiger partial charge in [-0.05, 0) is 17.7 Å². The number of benzene rings is 1. The third kappa shape index (κ3) is 2.94. The number of aromatic nitrogens is 1. The first-order chi connectivity index (χ1) is 9.44. The van der Waals surface area contributed by atoms with Gasteiger partial charge in [0.2, 0.25) is 0 Å². The molecule has 1 heterocycles. The second kappa shape index (κ2) is 5.55. The van der Waals surface area contributed by atoms with E-state index in [0.29, 0.717) is 5.56 Å². The number of nitrogens with one attached hydrogen (secondary N) is 1. The van der Waals surface area contributed by atoms with Crippen molar-refractivity contribution in [2.24, 2.45) is 0 Å². The molecule has 20 heavy (non-hydrogen) atoms. The molecule has 0 saturated carbocycles. The molecular weight excluding hydrogens is 307 g/mol. The quantitative estimate of drug-likeness (QED) is 0.880. The van der Waals surface area contributed by atoms with Crippen molar-refractivity contribution in [1.29, 1.82) is 0 Å². The van der Waals surface area contributed by atoms with Crippen LogP contribution >= 0.6 is 11.3 Å². The normalized spacial score (nSPS) is 11.2. The van der Waals surface area contributed by atoms with Crippen LogP contribution in [-0.4, -0.2) is 24.5 Å². The molecule has 2 rings (SSSR count). The number of thiazole rings is 1. The lowest BCUT2D eigenvalue weighted by molar-refractivity contribution is 0.0692. The van der Waals surface area contributed by atoms with Gasteiger partial charge in [-0.25, -0.2) is 22.6 Å². The van der Waals surface area contributed by atoms with E-state index in [4.69, 9.17) is 5.11 Å². The Balaban J connectivity index is 2.30. The van der Waals surface area contributed by atoms with Crippen LogP contribution in [-0.2, 0) is 16.7 Å². The Hall–Kier alpha value is -2.00. The number of sulfonamides is 1. The first kappa shape index (κ1) is 14.4. The number of carbonyl (C=O) groups is 1. The van der Waals surface area contributed by atoms with Gasteiger partial charge in [-0.3, -0.25) is 4.72 Å². The molecule has 6 nitrogen and oxygen atoms in total. The molecule has 0 aliphatic heterocycles. The van der Waals surface area contributed by atoms with Gasteiger partial charge in [0.25, 0.3) is 10.0 Å². The molecule has 0 saturated heterocycles. The van der Waals surface area contributed by atoms with Gasteiger partial charge in [-0.1, -0.05) is 12.1 Å². The maximum atomic E-state index is 12.4. The molecule has 106 valence electrons. The Morgan fingerprint density at radius 2 is 2.00 bits per heavy atom. The van der Waals surface area contributed by atoms with Gasteiger partial charge < -0.3 is 5.11 Å². The summed E-state index contributed by atoms with van der Waals surface area (Å²) in [7, 11) is -3.93. The van der Waals surface area contributed by atoms with Gasteiger partial charge in [-0.15, -0.1) is 11.3 Å². The van der Waals surface area contributed by atoms with Crippen LogP contribution in [0.5, 0.6) is 0 Å². The highest BCUT2D eigenvalue weighted by molar-refractivity contribution is 7.93. The maximum absolute atomic E-state index is 12.4. The molecule has 0 spiro atoms. The zero-order valence-electron chi connectivity index (χ0n) is 9.91. The van der Waals surface area contributed by atoms with Gasteiger partial charge in [-0.2, -0.15) is 0 Å². The molecule has 0 bridgehead atoms. The minimum absolute atomic E-state index is 0.0768. The van der Waals surface area contributed by atoms with Gasteiger partial charge in [0.15, 0.2) is 5.69 Å². The summed E-state index contributed by atoms with van der Waals surface area (Å²) in [5.74, 6) is -1.32. The van der Waals surface area contributed by atoms with Crippen LogP contribution in [0.25, 0.3) is 0 Å². The van der Waals surface area contributed by atoms with Gasteiger partial charge in [0, 0.05) is 0 Å². The molecule has 0 atom stereocenters. The second-order valence-corrected chi connectivity index (χ2v) is 6.26. The first-order valence-electron chi connectivity index (χ1n) is 5.28. The van der Waals surface area contributed by atoms with Crippen LogP contribution in [0.15, 0.2) is 34.7 Å². The Labute approximate surface area is 118 Å². The summed E-state index contributed by atoms with van der Waals surface area (Å²) >= 11 is 0.865. The van der Waals surface area contributed by atoms with E-state index in [0.717, 1.165) is 11.3 Å². The zero-order chi connectivity index (χ0) is 14.8.